The van der Waals surface area contributed by atoms with Gasteiger partial charge < -0.3 is 10.3 Å². The van der Waals surface area contributed by atoms with E-state index in [1.54, 1.807) is 0 Å². The first-order chi connectivity index (χ1) is 9.69. The number of benzene rings is 1. The number of rotatable bonds is 2. The maximum Gasteiger partial charge on any atom is 0.257 e. The fourth-order valence-electron chi connectivity index (χ4n) is 2.42. The van der Waals surface area contributed by atoms with Crippen LogP contribution in [-0.4, -0.2) is 22.1 Å². The van der Waals surface area contributed by atoms with Crippen molar-refractivity contribution in [3.8, 4) is 0 Å². The predicted octanol–water partition coefficient (Wildman–Crippen LogP) is 1.97. The summed E-state index contributed by atoms with van der Waals surface area (Å²) in [4.78, 5) is 31.2. The van der Waals surface area contributed by atoms with E-state index in [1.807, 2.05) is 36.6 Å². The molecule has 5 nitrogen and oxygen atoms in total. The highest BCUT2D eigenvalue weighted by Crippen LogP contribution is 2.33. The van der Waals surface area contributed by atoms with Crippen LogP contribution < -0.4 is 10.9 Å². The van der Waals surface area contributed by atoms with Gasteiger partial charge in [0.15, 0.2) is 5.16 Å². The second kappa shape index (κ2) is 5.13. The van der Waals surface area contributed by atoms with E-state index in [-0.39, 0.29) is 23.8 Å². The van der Waals surface area contributed by atoms with E-state index in [2.05, 4.69) is 15.3 Å². The normalized spacial score (nSPS) is 17.4. The molecule has 1 aliphatic heterocycles. The number of hydrogen-bond donors (Lipinski definition) is 2. The van der Waals surface area contributed by atoms with E-state index >= 15 is 0 Å². The Hall–Kier alpha value is -2.08. The number of anilines is 1. The molecule has 0 saturated carbocycles. The molecule has 20 heavy (non-hydrogen) atoms. The number of hydrogen-bond acceptors (Lipinski definition) is 4. The highest BCUT2D eigenvalue weighted by atomic mass is 32.2. The molecule has 2 heterocycles. The molecule has 0 fully saturated rings. The van der Waals surface area contributed by atoms with Gasteiger partial charge in [-0.3, -0.25) is 9.59 Å². The first kappa shape index (κ1) is 12.9. The van der Waals surface area contributed by atoms with Crippen LogP contribution in [0.1, 0.15) is 23.5 Å². The molecule has 0 unspecified atom stereocenters. The molecule has 0 bridgehead atoms. The van der Waals surface area contributed by atoms with Gasteiger partial charge >= 0.3 is 0 Å². The summed E-state index contributed by atoms with van der Waals surface area (Å²) < 4.78 is 0. The van der Waals surface area contributed by atoms with E-state index in [1.165, 1.54) is 11.8 Å². The Balaban J connectivity index is 2.18. The quantitative estimate of drug-likeness (QED) is 0.654. The van der Waals surface area contributed by atoms with Gasteiger partial charge in [-0.05, 0) is 11.8 Å². The average Bonchev–Trinajstić information content (AvgIpc) is 2.46. The van der Waals surface area contributed by atoms with Crippen LogP contribution in [-0.2, 0) is 4.79 Å². The second-order valence-electron chi connectivity index (χ2n) is 4.55. The second-order valence-corrected chi connectivity index (χ2v) is 5.35. The first-order valence-corrected chi connectivity index (χ1v) is 7.44. The lowest BCUT2D eigenvalue weighted by molar-refractivity contribution is -0.116. The van der Waals surface area contributed by atoms with Crippen molar-refractivity contribution < 1.29 is 4.79 Å². The number of fused-ring (bicyclic) bond motifs is 1. The van der Waals surface area contributed by atoms with Gasteiger partial charge in [0.25, 0.3) is 5.56 Å². The Morgan fingerprint density at radius 3 is 2.70 bits per heavy atom. The maximum absolute atomic E-state index is 12.3. The number of H-pyrrole nitrogens is 1. The molecule has 0 aliphatic carbocycles. The molecule has 102 valence electrons. The number of nitrogens with one attached hydrogen (secondary N) is 2. The van der Waals surface area contributed by atoms with Crippen molar-refractivity contribution in [2.24, 2.45) is 0 Å². The molecule has 3 rings (SSSR count). The highest BCUT2D eigenvalue weighted by molar-refractivity contribution is 7.98. The topological polar surface area (TPSA) is 74.8 Å². The van der Waals surface area contributed by atoms with E-state index in [0.717, 1.165) is 5.56 Å². The minimum atomic E-state index is -0.243. The smallest absolute Gasteiger partial charge is 0.257 e. The number of carbonyl (C=O) groups is 1. The first-order valence-electron chi connectivity index (χ1n) is 6.22. The Bertz CT molecular complexity index is 712. The predicted molar refractivity (Wildman–Crippen MR) is 78.2 cm³/mol. The van der Waals surface area contributed by atoms with Crippen LogP contribution in [0, 0.1) is 0 Å². The Kier molecular flexibility index (Phi) is 3.31. The molecular weight excluding hydrogens is 274 g/mol. The number of carbonyl (C=O) groups excluding carboxylic acids is 1. The molecule has 2 N–H and O–H groups in total. The number of amides is 1. The molecule has 1 aliphatic rings. The van der Waals surface area contributed by atoms with Gasteiger partial charge in [-0.25, -0.2) is 4.98 Å². The van der Waals surface area contributed by atoms with Gasteiger partial charge in [0.2, 0.25) is 5.91 Å². The third kappa shape index (κ3) is 2.22. The molecule has 1 atom stereocenters. The van der Waals surface area contributed by atoms with Crippen LogP contribution in [0.3, 0.4) is 0 Å². The number of thioether (sulfide) groups is 1. The number of nitrogens with zero attached hydrogens (tertiary/aromatic N) is 1. The summed E-state index contributed by atoms with van der Waals surface area (Å²) in [7, 11) is 0. The minimum Gasteiger partial charge on any atom is -0.310 e. The Labute approximate surface area is 119 Å². The zero-order valence-corrected chi connectivity index (χ0v) is 11.7. The Morgan fingerprint density at radius 2 is 2.00 bits per heavy atom. The summed E-state index contributed by atoms with van der Waals surface area (Å²) in [6.45, 7) is 0. The highest BCUT2D eigenvalue weighted by Gasteiger charge is 2.30. The molecule has 1 aromatic carbocycles. The lowest BCUT2D eigenvalue weighted by Crippen LogP contribution is -2.31. The van der Waals surface area contributed by atoms with E-state index in [9.17, 15) is 9.59 Å². The van der Waals surface area contributed by atoms with Crippen molar-refractivity contribution in [1.82, 2.24) is 9.97 Å². The minimum absolute atomic E-state index is 0.114. The SMILES string of the molecule is CSc1nc2c(c(=O)[nH]1)[C@H](c1ccccc1)CC(=O)N2. The largest absolute Gasteiger partial charge is 0.310 e. The molecule has 1 aromatic heterocycles. The van der Waals surface area contributed by atoms with Crippen LogP contribution >= 0.6 is 11.8 Å². The molecule has 6 heteroatoms. The van der Waals surface area contributed by atoms with E-state index in [4.69, 9.17) is 0 Å². The zero-order valence-electron chi connectivity index (χ0n) is 10.8. The standard InChI is InChI=1S/C14H13N3O2S/c1-20-14-16-12-11(13(19)17-14)9(7-10(18)15-12)8-5-3-2-4-6-8/h2-6,9H,7H2,1H3,(H2,15,16,17,18,19)/t9-/m0/s1. The summed E-state index contributed by atoms with van der Waals surface area (Å²) in [5.41, 5.74) is 1.30. The average molecular weight is 287 g/mol. The van der Waals surface area contributed by atoms with E-state index in [0.29, 0.717) is 16.5 Å². The molecule has 2 aromatic rings. The fraction of sp³-hybridized carbons (Fsp3) is 0.214. The van der Waals surface area contributed by atoms with E-state index < -0.39 is 0 Å². The van der Waals surface area contributed by atoms with Crippen molar-refractivity contribution in [3.05, 3.63) is 51.8 Å². The van der Waals surface area contributed by atoms with Gasteiger partial charge in [0.1, 0.15) is 5.82 Å². The molecule has 0 spiro atoms. The summed E-state index contributed by atoms with van der Waals surface area (Å²) in [6, 6.07) is 9.56. The van der Waals surface area contributed by atoms with Crippen LogP contribution in [0.25, 0.3) is 0 Å². The van der Waals surface area contributed by atoms with Crippen LogP contribution in [0.5, 0.6) is 0 Å². The van der Waals surface area contributed by atoms with Crippen LogP contribution in [0.4, 0.5) is 5.82 Å². The third-order valence-corrected chi connectivity index (χ3v) is 3.90. The molecule has 0 radical (unpaired) electrons. The van der Waals surface area contributed by atoms with Crippen molar-refractivity contribution in [2.45, 2.75) is 17.5 Å². The Morgan fingerprint density at radius 1 is 1.25 bits per heavy atom. The van der Waals surface area contributed by atoms with Crippen molar-refractivity contribution in [1.29, 1.82) is 0 Å². The van der Waals surface area contributed by atoms with Crippen LogP contribution in [0.2, 0.25) is 0 Å². The van der Waals surface area contributed by atoms with Gasteiger partial charge in [-0.2, -0.15) is 0 Å². The molecule has 0 saturated heterocycles. The summed E-state index contributed by atoms with van der Waals surface area (Å²) >= 11 is 1.34. The van der Waals surface area contributed by atoms with Gasteiger partial charge in [0, 0.05) is 12.3 Å². The molecule has 1 amide bonds. The summed E-state index contributed by atoms with van der Waals surface area (Å²) in [6.07, 6.45) is 2.09. The molecular formula is C14H13N3O2S. The summed E-state index contributed by atoms with van der Waals surface area (Å²) in [5.74, 6) is 0.0202. The maximum atomic E-state index is 12.3. The van der Waals surface area contributed by atoms with Gasteiger partial charge in [-0.15, -0.1) is 0 Å². The zero-order chi connectivity index (χ0) is 14.1. The lowest BCUT2D eigenvalue weighted by Gasteiger charge is -2.24. The van der Waals surface area contributed by atoms with Crippen LogP contribution in [0.15, 0.2) is 40.3 Å². The summed E-state index contributed by atoms with van der Waals surface area (Å²) in [5, 5.41) is 3.19. The van der Waals surface area contributed by atoms with Gasteiger partial charge in [0.05, 0.1) is 5.56 Å². The van der Waals surface area contributed by atoms with Gasteiger partial charge in [-0.1, -0.05) is 42.1 Å². The monoisotopic (exact) mass is 287 g/mol. The third-order valence-electron chi connectivity index (χ3n) is 3.32. The lowest BCUT2D eigenvalue weighted by atomic mass is 9.87. The number of aromatic nitrogens is 2. The number of aromatic amines is 1. The van der Waals surface area contributed by atoms with Crippen molar-refractivity contribution >= 4 is 23.5 Å². The van der Waals surface area contributed by atoms with Crippen molar-refractivity contribution in [3.63, 3.8) is 0 Å². The van der Waals surface area contributed by atoms with Crippen molar-refractivity contribution in [2.75, 3.05) is 11.6 Å². The fourth-order valence-corrected chi connectivity index (χ4v) is 2.79.